The highest BCUT2D eigenvalue weighted by Gasteiger charge is 1.58. The first kappa shape index (κ1) is 12.8. The minimum absolute atomic E-state index is 0. The largest absolute Gasteiger partial charge is 0.412 e. The smallest absolute Gasteiger partial charge is 0.0428 e. The number of benzene rings is 1. The Morgan fingerprint density at radius 1 is 0.909 bits per heavy atom. The summed E-state index contributed by atoms with van der Waals surface area (Å²) >= 11 is 0. The van der Waals surface area contributed by atoms with Gasteiger partial charge in [0, 0.05) is 6.61 Å². The van der Waals surface area contributed by atoms with E-state index >= 15 is 0 Å². The maximum Gasteiger partial charge on any atom is 0.0428 e. The van der Waals surface area contributed by atoms with Gasteiger partial charge in [-0.2, -0.15) is 0 Å². The van der Waals surface area contributed by atoms with Crippen LogP contribution in [0.3, 0.4) is 0 Å². The molecule has 0 atom stereocenters. The summed E-state index contributed by atoms with van der Waals surface area (Å²) < 4.78 is 0. The Bertz CT molecular complexity index is 99.5. The summed E-state index contributed by atoms with van der Waals surface area (Å²) in [5.41, 5.74) is 0. The SMILES string of the molecule is CCCO.O.c1ccccc1. The number of rotatable bonds is 1. The average Bonchev–Trinajstić information content (AvgIpc) is 2.08. The Morgan fingerprint density at radius 3 is 1.18 bits per heavy atom. The van der Waals surface area contributed by atoms with Crippen molar-refractivity contribution in [3.8, 4) is 0 Å². The zero-order valence-electron chi connectivity index (χ0n) is 6.83. The van der Waals surface area contributed by atoms with Gasteiger partial charge < -0.3 is 10.6 Å². The molecule has 0 fully saturated rings. The molecule has 0 saturated heterocycles. The maximum atomic E-state index is 7.88. The van der Waals surface area contributed by atoms with Gasteiger partial charge in [0.25, 0.3) is 0 Å². The van der Waals surface area contributed by atoms with Gasteiger partial charge in [-0.25, -0.2) is 0 Å². The van der Waals surface area contributed by atoms with E-state index in [0.29, 0.717) is 6.61 Å². The fraction of sp³-hybridized carbons (Fsp3) is 0.333. The molecule has 0 aliphatic carbocycles. The van der Waals surface area contributed by atoms with Crippen molar-refractivity contribution in [1.29, 1.82) is 0 Å². The molecule has 0 spiro atoms. The zero-order valence-corrected chi connectivity index (χ0v) is 6.83. The fourth-order valence-electron chi connectivity index (χ4n) is 0.385. The van der Waals surface area contributed by atoms with Crippen LogP contribution < -0.4 is 0 Å². The van der Waals surface area contributed by atoms with Crippen molar-refractivity contribution in [3.63, 3.8) is 0 Å². The molecule has 0 saturated carbocycles. The summed E-state index contributed by atoms with van der Waals surface area (Å²) in [4.78, 5) is 0. The third-order valence-corrected chi connectivity index (χ3v) is 0.890. The molecule has 1 rings (SSSR count). The van der Waals surface area contributed by atoms with E-state index in [2.05, 4.69) is 0 Å². The lowest BCUT2D eigenvalue weighted by atomic mass is 10.4. The van der Waals surface area contributed by atoms with Crippen LogP contribution >= 0.6 is 0 Å². The normalized spacial score (nSPS) is 7.09. The summed E-state index contributed by atoms with van der Waals surface area (Å²) in [5, 5.41) is 7.88. The molecule has 64 valence electrons. The Kier molecular flexibility index (Phi) is 13.8. The van der Waals surface area contributed by atoms with Crippen LogP contribution in [0.1, 0.15) is 13.3 Å². The second kappa shape index (κ2) is 11.9. The van der Waals surface area contributed by atoms with E-state index in [-0.39, 0.29) is 5.48 Å². The molecule has 0 amide bonds. The lowest BCUT2D eigenvalue weighted by molar-refractivity contribution is 0.295. The van der Waals surface area contributed by atoms with Crippen LogP contribution in [0.2, 0.25) is 0 Å². The van der Waals surface area contributed by atoms with E-state index in [1.807, 2.05) is 43.3 Å². The quantitative estimate of drug-likeness (QED) is 0.653. The topological polar surface area (TPSA) is 51.7 Å². The highest BCUT2D eigenvalue weighted by molar-refractivity contribution is 4.99. The summed E-state index contributed by atoms with van der Waals surface area (Å²) in [6, 6.07) is 12.0. The van der Waals surface area contributed by atoms with Crippen LogP contribution in [0.4, 0.5) is 0 Å². The molecule has 2 nitrogen and oxygen atoms in total. The van der Waals surface area contributed by atoms with Crippen molar-refractivity contribution < 1.29 is 10.6 Å². The van der Waals surface area contributed by atoms with Crippen molar-refractivity contribution in [2.24, 2.45) is 0 Å². The van der Waals surface area contributed by atoms with Crippen LogP contribution in [-0.2, 0) is 0 Å². The fourth-order valence-corrected chi connectivity index (χ4v) is 0.385. The van der Waals surface area contributed by atoms with Gasteiger partial charge in [0.05, 0.1) is 0 Å². The molecule has 0 bridgehead atoms. The third-order valence-electron chi connectivity index (χ3n) is 0.890. The molecular weight excluding hydrogens is 140 g/mol. The molecule has 0 heterocycles. The highest BCUT2D eigenvalue weighted by Crippen LogP contribution is 1.79. The van der Waals surface area contributed by atoms with E-state index in [1.165, 1.54) is 0 Å². The van der Waals surface area contributed by atoms with Crippen LogP contribution in [0.5, 0.6) is 0 Å². The summed E-state index contributed by atoms with van der Waals surface area (Å²) in [6.45, 7) is 2.25. The zero-order chi connectivity index (χ0) is 7.66. The van der Waals surface area contributed by atoms with Crippen molar-refractivity contribution >= 4 is 0 Å². The molecule has 1 aromatic carbocycles. The number of aliphatic hydroxyl groups excluding tert-OH is 1. The molecule has 0 aliphatic rings. The number of aliphatic hydroxyl groups is 1. The monoisotopic (exact) mass is 156 g/mol. The van der Waals surface area contributed by atoms with Crippen molar-refractivity contribution in [2.75, 3.05) is 6.61 Å². The Hall–Kier alpha value is -0.860. The molecule has 0 unspecified atom stereocenters. The third kappa shape index (κ3) is 12.4. The van der Waals surface area contributed by atoms with Crippen molar-refractivity contribution in [3.05, 3.63) is 36.4 Å². The molecule has 0 radical (unpaired) electrons. The first-order valence-electron chi connectivity index (χ1n) is 3.52. The van der Waals surface area contributed by atoms with Crippen molar-refractivity contribution in [1.82, 2.24) is 0 Å². The first-order valence-corrected chi connectivity index (χ1v) is 3.52. The average molecular weight is 156 g/mol. The first-order chi connectivity index (χ1) is 4.91. The summed E-state index contributed by atoms with van der Waals surface area (Å²) in [6.07, 6.45) is 0.875. The number of hydrogen-bond acceptors (Lipinski definition) is 1. The molecule has 0 aromatic heterocycles. The Balaban J connectivity index is 0. The predicted molar refractivity (Wildman–Crippen MR) is 47.4 cm³/mol. The molecule has 1 aromatic rings. The second-order valence-electron chi connectivity index (χ2n) is 1.88. The summed E-state index contributed by atoms with van der Waals surface area (Å²) in [7, 11) is 0. The van der Waals surface area contributed by atoms with Crippen molar-refractivity contribution in [2.45, 2.75) is 13.3 Å². The van der Waals surface area contributed by atoms with E-state index in [9.17, 15) is 0 Å². The molecule has 2 heteroatoms. The predicted octanol–water partition coefficient (Wildman–Crippen LogP) is 1.25. The van der Waals surface area contributed by atoms with Gasteiger partial charge >= 0.3 is 0 Å². The van der Waals surface area contributed by atoms with E-state index in [1.54, 1.807) is 0 Å². The van der Waals surface area contributed by atoms with E-state index in [4.69, 9.17) is 5.11 Å². The van der Waals surface area contributed by atoms with Gasteiger partial charge in [-0.05, 0) is 6.42 Å². The van der Waals surface area contributed by atoms with Gasteiger partial charge in [0.2, 0.25) is 0 Å². The van der Waals surface area contributed by atoms with Gasteiger partial charge in [-0.15, -0.1) is 0 Å². The standard InChI is InChI=1S/C6H6.C3H8O.H2O/c1-2-4-6-5-3-1;1-2-3-4;/h1-6H;4H,2-3H2,1H3;1H2. The highest BCUT2D eigenvalue weighted by atomic mass is 16.2. The van der Waals surface area contributed by atoms with Crippen LogP contribution in [0.25, 0.3) is 0 Å². The summed E-state index contributed by atoms with van der Waals surface area (Å²) in [5.74, 6) is 0. The molecular formula is C9H16O2. The van der Waals surface area contributed by atoms with Gasteiger partial charge in [-0.3, -0.25) is 0 Å². The maximum absolute atomic E-state index is 7.88. The lowest BCUT2D eigenvalue weighted by Gasteiger charge is -1.69. The minimum atomic E-state index is 0. The van der Waals surface area contributed by atoms with Crippen LogP contribution in [0, 0.1) is 0 Å². The molecule has 0 aliphatic heterocycles. The lowest BCUT2D eigenvalue weighted by Crippen LogP contribution is -1.69. The second-order valence-corrected chi connectivity index (χ2v) is 1.88. The number of hydrogen-bond donors (Lipinski definition) is 1. The molecule has 3 N–H and O–H groups in total. The van der Waals surface area contributed by atoms with Gasteiger partial charge in [0.1, 0.15) is 0 Å². The Morgan fingerprint density at radius 2 is 1.09 bits per heavy atom. The van der Waals surface area contributed by atoms with E-state index in [0.717, 1.165) is 6.42 Å². The molecule has 11 heavy (non-hydrogen) atoms. The van der Waals surface area contributed by atoms with Gasteiger partial charge in [0.15, 0.2) is 0 Å². The Labute approximate surface area is 67.8 Å². The minimum Gasteiger partial charge on any atom is -0.412 e. The van der Waals surface area contributed by atoms with Crippen LogP contribution in [-0.4, -0.2) is 17.2 Å². The van der Waals surface area contributed by atoms with E-state index < -0.39 is 0 Å². The van der Waals surface area contributed by atoms with Gasteiger partial charge in [-0.1, -0.05) is 43.3 Å². The van der Waals surface area contributed by atoms with Crippen LogP contribution in [0.15, 0.2) is 36.4 Å².